The van der Waals surface area contributed by atoms with Gasteiger partial charge in [0.05, 0.1) is 22.4 Å². The van der Waals surface area contributed by atoms with Gasteiger partial charge < -0.3 is 4.74 Å². The fraction of sp³-hybridized carbons (Fsp3) is 0.190. The number of halogens is 4. The van der Waals surface area contributed by atoms with Crippen LogP contribution in [0.25, 0.3) is 6.08 Å². The average Bonchev–Trinajstić information content (AvgIpc) is 2.66. The van der Waals surface area contributed by atoms with Gasteiger partial charge in [-0.2, -0.15) is 13.2 Å². The van der Waals surface area contributed by atoms with E-state index in [0.29, 0.717) is 22.3 Å². The molecule has 1 fully saturated rings. The van der Waals surface area contributed by atoms with Crippen molar-refractivity contribution in [1.29, 1.82) is 0 Å². The lowest BCUT2D eigenvalue weighted by Gasteiger charge is -2.27. The number of amides is 4. The van der Waals surface area contributed by atoms with Crippen molar-refractivity contribution in [3.63, 3.8) is 0 Å². The van der Waals surface area contributed by atoms with E-state index in [2.05, 4.69) is 0 Å². The molecule has 162 valence electrons. The van der Waals surface area contributed by atoms with E-state index >= 15 is 0 Å². The number of imide groups is 2. The first-order valence-corrected chi connectivity index (χ1v) is 9.40. The molecule has 2 aromatic rings. The highest BCUT2D eigenvalue weighted by molar-refractivity contribution is 6.42. The largest absolute Gasteiger partial charge is 0.491 e. The van der Waals surface area contributed by atoms with Crippen LogP contribution in [0.5, 0.6) is 5.75 Å². The molecule has 0 aliphatic carbocycles. The van der Waals surface area contributed by atoms with Gasteiger partial charge in [0.25, 0.3) is 11.8 Å². The van der Waals surface area contributed by atoms with Gasteiger partial charge in [-0.25, -0.2) is 9.69 Å². The topological polar surface area (TPSA) is 75.7 Å². The van der Waals surface area contributed by atoms with Crippen LogP contribution in [0.2, 0.25) is 5.02 Å². The van der Waals surface area contributed by atoms with Gasteiger partial charge in [-0.05, 0) is 55.8 Å². The number of anilines is 1. The van der Waals surface area contributed by atoms with Crippen molar-refractivity contribution in [2.75, 3.05) is 4.90 Å². The van der Waals surface area contributed by atoms with Crippen molar-refractivity contribution in [2.45, 2.75) is 26.1 Å². The summed E-state index contributed by atoms with van der Waals surface area (Å²) >= 11 is 5.95. The van der Waals surface area contributed by atoms with Gasteiger partial charge in [0, 0.05) is 0 Å². The Bertz CT molecular complexity index is 1080. The SMILES string of the molecule is CC(C)Oc1ccc(C=C2C(=O)NC(=O)N(c3cc(C(F)(F)F)ccc3Cl)C2=O)cc1. The molecule has 1 aliphatic rings. The Kier molecular flexibility index (Phi) is 6.08. The molecule has 0 bridgehead atoms. The summed E-state index contributed by atoms with van der Waals surface area (Å²) in [5.41, 5.74) is -1.58. The van der Waals surface area contributed by atoms with Crippen molar-refractivity contribution in [1.82, 2.24) is 5.32 Å². The molecular weight excluding hydrogens is 437 g/mol. The van der Waals surface area contributed by atoms with Crippen LogP contribution in [0.4, 0.5) is 23.7 Å². The minimum Gasteiger partial charge on any atom is -0.491 e. The maximum Gasteiger partial charge on any atom is 0.416 e. The third-order valence-electron chi connectivity index (χ3n) is 4.18. The zero-order chi connectivity index (χ0) is 22.9. The van der Waals surface area contributed by atoms with E-state index in [-0.39, 0.29) is 11.1 Å². The normalized spacial score (nSPS) is 16.2. The molecule has 31 heavy (non-hydrogen) atoms. The molecule has 0 unspecified atom stereocenters. The summed E-state index contributed by atoms with van der Waals surface area (Å²) in [7, 11) is 0. The maximum atomic E-state index is 13.1. The standard InChI is InChI=1S/C21H16ClF3N2O4/c1-11(2)31-14-6-3-12(4-7-14)9-15-18(28)26-20(30)27(19(15)29)17-10-13(21(23,24)25)5-8-16(17)22/h3-11H,1-2H3,(H,26,28,30). The lowest BCUT2D eigenvalue weighted by molar-refractivity contribution is -0.137. The van der Waals surface area contributed by atoms with E-state index in [0.717, 1.165) is 12.1 Å². The third-order valence-corrected chi connectivity index (χ3v) is 4.50. The van der Waals surface area contributed by atoms with Crippen LogP contribution in [0.1, 0.15) is 25.0 Å². The number of nitrogens with zero attached hydrogens (tertiary/aromatic N) is 1. The molecule has 6 nitrogen and oxygen atoms in total. The molecule has 1 aliphatic heterocycles. The summed E-state index contributed by atoms with van der Waals surface area (Å²) < 4.78 is 44.7. The van der Waals surface area contributed by atoms with E-state index in [1.807, 2.05) is 19.2 Å². The number of nitrogens with one attached hydrogen (secondary N) is 1. The number of barbiturate groups is 1. The summed E-state index contributed by atoms with van der Waals surface area (Å²) in [6.45, 7) is 3.71. The van der Waals surface area contributed by atoms with Crippen molar-refractivity contribution >= 4 is 41.2 Å². The quantitative estimate of drug-likeness (QED) is 0.533. The first kappa shape index (κ1) is 22.4. The molecule has 0 saturated carbocycles. The number of ether oxygens (including phenoxy) is 1. The molecule has 10 heteroatoms. The zero-order valence-electron chi connectivity index (χ0n) is 16.3. The molecule has 1 saturated heterocycles. The van der Waals surface area contributed by atoms with Gasteiger partial charge in [-0.1, -0.05) is 23.7 Å². The van der Waals surface area contributed by atoms with Crippen molar-refractivity contribution < 1.29 is 32.3 Å². The number of carbonyl (C=O) groups excluding carboxylic acids is 3. The highest BCUT2D eigenvalue weighted by Crippen LogP contribution is 2.36. The Morgan fingerprint density at radius 2 is 1.71 bits per heavy atom. The van der Waals surface area contributed by atoms with E-state index in [1.165, 1.54) is 6.08 Å². The van der Waals surface area contributed by atoms with Crippen molar-refractivity contribution in [3.05, 3.63) is 64.2 Å². The van der Waals surface area contributed by atoms with Gasteiger partial charge in [0.2, 0.25) is 0 Å². The van der Waals surface area contributed by atoms with Crippen molar-refractivity contribution in [2.24, 2.45) is 0 Å². The Morgan fingerprint density at radius 3 is 2.29 bits per heavy atom. The van der Waals surface area contributed by atoms with Gasteiger partial charge in [-0.3, -0.25) is 14.9 Å². The van der Waals surface area contributed by atoms with Crippen LogP contribution in [-0.2, 0) is 15.8 Å². The first-order chi connectivity index (χ1) is 14.5. The summed E-state index contributed by atoms with van der Waals surface area (Å²) in [6.07, 6.45) is -3.55. The van der Waals surface area contributed by atoms with Crippen molar-refractivity contribution in [3.8, 4) is 5.75 Å². The fourth-order valence-corrected chi connectivity index (χ4v) is 3.02. The van der Waals surface area contributed by atoms with E-state index in [9.17, 15) is 27.6 Å². The predicted octanol–water partition coefficient (Wildman–Crippen LogP) is 4.81. The second-order valence-corrected chi connectivity index (χ2v) is 7.26. The predicted molar refractivity (Wildman–Crippen MR) is 108 cm³/mol. The van der Waals surface area contributed by atoms with E-state index in [1.54, 1.807) is 24.3 Å². The Hall–Kier alpha value is -3.33. The number of rotatable bonds is 4. The third kappa shape index (κ3) is 4.88. The van der Waals surface area contributed by atoms with Gasteiger partial charge in [0.15, 0.2) is 0 Å². The molecule has 0 atom stereocenters. The number of alkyl halides is 3. The smallest absolute Gasteiger partial charge is 0.416 e. The monoisotopic (exact) mass is 452 g/mol. The van der Waals surface area contributed by atoms with Gasteiger partial charge in [-0.15, -0.1) is 0 Å². The second kappa shape index (κ2) is 8.43. The Labute approximate surface area is 180 Å². The van der Waals surface area contributed by atoms with Crippen LogP contribution in [-0.4, -0.2) is 23.9 Å². The molecule has 1 heterocycles. The second-order valence-electron chi connectivity index (χ2n) is 6.86. The molecular formula is C21H16ClF3N2O4. The molecule has 3 rings (SSSR count). The Balaban J connectivity index is 1.99. The van der Waals surface area contributed by atoms with Gasteiger partial charge >= 0.3 is 12.2 Å². The van der Waals surface area contributed by atoms with Crippen LogP contribution in [0, 0.1) is 0 Å². The van der Waals surface area contributed by atoms with E-state index in [4.69, 9.17) is 16.3 Å². The molecule has 2 aromatic carbocycles. The number of hydrogen-bond donors (Lipinski definition) is 1. The summed E-state index contributed by atoms with van der Waals surface area (Å²) in [5, 5.41) is 1.68. The number of carbonyl (C=O) groups is 3. The summed E-state index contributed by atoms with van der Waals surface area (Å²) in [5.74, 6) is -1.50. The first-order valence-electron chi connectivity index (χ1n) is 9.02. The summed E-state index contributed by atoms with van der Waals surface area (Å²) in [6, 6.07) is 7.45. The van der Waals surface area contributed by atoms with Gasteiger partial charge in [0.1, 0.15) is 11.3 Å². The van der Waals surface area contributed by atoms with Crippen LogP contribution in [0.15, 0.2) is 48.0 Å². The molecule has 4 amide bonds. The number of hydrogen-bond acceptors (Lipinski definition) is 4. The Morgan fingerprint density at radius 1 is 1.06 bits per heavy atom. The highest BCUT2D eigenvalue weighted by Gasteiger charge is 2.39. The minimum atomic E-state index is -4.72. The molecule has 1 N–H and O–H groups in total. The lowest BCUT2D eigenvalue weighted by atomic mass is 10.1. The number of urea groups is 1. The molecule has 0 radical (unpaired) electrons. The maximum absolute atomic E-state index is 13.1. The van der Waals surface area contributed by atoms with Crippen LogP contribution < -0.4 is 15.0 Å². The van der Waals surface area contributed by atoms with Crippen LogP contribution in [0.3, 0.4) is 0 Å². The minimum absolute atomic E-state index is 0.0494. The van der Waals surface area contributed by atoms with E-state index < -0.39 is 40.8 Å². The lowest BCUT2D eigenvalue weighted by Crippen LogP contribution is -2.54. The number of benzene rings is 2. The molecule has 0 aromatic heterocycles. The highest BCUT2D eigenvalue weighted by atomic mass is 35.5. The average molecular weight is 453 g/mol. The zero-order valence-corrected chi connectivity index (χ0v) is 17.0. The fourth-order valence-electron chi connectivity index (χ4n) is 2.82. The molecule has 0 spiro atoms. The van der Waals surface area contributed by atoms with Crippen LogP contribution >= 0.6 is 11.6 Å². The summed E-state index contributed by atoms with van der Waals surface area (Å²) in [4.78, 5) is 37.8.